The van der Waals surface area contributed by atoms with Crippen molar-refractivity contribution < 1.29 is 17.2 Å². The molecule has 4 nitrogen and oxygen atoms in total. The molecule has 1 aliphatic rings. The normalized spacial score (nSPS) is 20.7. The Morgan fingerprint density at radius 2 is 2.12 bits per heavy atom. The number of rotatable bonds is 3. The average molecular weight is 262 g/mol. The van der Waals surface area contributed by atoms with Crippen molar-refractivity contribution >= 4 is 10.0 Å². The molecule has 0 bridgehead atoms. The van der Waals surface area contributed by atoms with Crippen LogP contribution in [-0.2, 0) is 10.0 Å². The van der Waals surface area contributed by atoms with Gasteiger partial charge in [-0.15, -0.1) is 0 Å². The zero-order valence-corrected chi connectivity index (χ0v) is 9.73. The summed E-state index contributed by atoms with van der Waals surface area (Å²) in [5, 5.41) is 2.98. The molecule has 1 atom stereocenters. The van der Waals surface area contributed by atoms with Crippen molar-refractivity contribution in [3.63, 3.8) is 0 Å². The fourth-order valence-corrected chi connectivity index (χ4v) is 3.08. The van der Waals surface area contributed by atoms with Crippen molar-refractivity contribution in [2.75, 3.05) is 13.1 Å². The van der Waals surface area contributed by atoms with E-state index in [0.717, 1.165) is 12.1 Å². The van der Waals surface area contributed by atoms with Crippen LogP contribution in [0, 0.1) is 11.6 Å². The van der Waals surface area contributed by atoms with Crippen molar-refractivity contribution in [2.24, 2.45) is 0 Å². The predicted octanol–water partition coefficient (Wildman–Crippen LogP) is 0.605. The lowest BCUT2D eigenvalue weighted by Crippen LogP contribution is -2.36. The Morgan fingerprint density at radius 3 is 2.76 bits per heavy atom. The predicted molar refractivity (Wildman–Crippen MR) is 58.0 cm³/mol. The second-order valence-corrected chi connectivity index (χ2v) is 5.57. The van der Waals surface area contributed by atoms with Gasteiger partial charge >= 0.3 is 0 Å². The molecule has 1 aromatic rings. The van der Waals surface area contributed by atoms with Gasteiger partial charge in [-0.25, -0.2) is 21.9 Å². The van der Waals surface area contributed by atoms with E-state index in [2.05, 4.69) is 10.0 Å². The van der Waals surface area contributed by atoms with E-state index >= 15 is 0 Å². The number of sulfonamides is 1. The molecule has 17 heavy (non-hydrogen) atoms. The van der Waals surface area contributed by atoms with E-state index in [0.29, 0.717) is 25.6 Å². The zero-order chi connectivity index (χ0) is 12.5. The highest BCUT2D eigenvalue weighted by Gasteiger charge is 2.25. The lowest BCUT2D eigenvalue weighted by Gasteiger charge is -2.12. The van der Waals surface area contributed by atoms with E-state index in [1.54, 1.807) is 0 Å². The maximum atomic E-state index is 13.3. The molecule has 0 aliphatic carbocycles. The molecule has 1 fully saturated rings. The van der Waals surface area contributed by atoms with Gasteiger partial charge in [0.25, 0.3) is 0 Å². The Balaban J connectivity index is 2.27. The summed E-state index contributed by atoms with van der Waals surface area (Å²) in [6.45, 7) is 1.20. The standard InChI is InChI=1S/C10H12F2N2O2S/c11-7-1-2-9(12)10(5-7)17(15,16)14-8-3-4-13-6-8/h1-2,5,8,13-14H,3-4,6H2/t8-/m0/s1. The summed E-state index contributed by atoms with van der Waals surface area (Å²) in [6.07, 6.45) is 0.635. The monoisotopic (exact) mass is 262 g/mol. The van der Waals surface area contributed by atoms with Crippen LogP contribution in [0.3, 0.4) is 0 Å². The van der Waals surface area contributed by atoms with Crippen LogP contribution in [0.1, 0.15) is 6.42 Å². The topological polar surface area (TPSA) is 58.2 Å². The fourth-order valence-electron chi connectivity index (χ4n) is 1.72. The van der Waals surface area contributed by atoms with Crippen LogP contribution in [0.25, 0.3) is 0 Å². The first-order valence-corrected chi connectivity index (χ1v) is 6.65. The minimum Gasteiger partial charge on any atom is -0.315 e. The van der Waals surface area contributed by atoms with Crippen LogP contribution in [0.4, 0.5) is 8.78 Å². The van der Waals surface area contributed by atoms with E-state index < -0.39 is 26.6 Å². The molecule has 0 aromatic heterocycles. The molecule has 0 saturated carbocycles. The molecule has 1 aromatic carbocycles. The molecule has 7 heteroatoms. The summed E-state index contributed by atoms with van der Waals surface area (Å²) >= 11 is 0. The van der Waals surface area contributed by atoms with Crippen LogP contribution in [0.15, 0.2) is 23.1 Å². The summed E-state index contributed by atoms with van der Waals surface area (Å²) in [7, 11) is -4.00. The third-order valence-corrected chi connectivity index (χ3v) is 4.10. The highest BCUT2D eigenvalue weighted by Crippen LogP contribution is 2.16. The molecule has 1 saturated heterocycles. The van der Waals surface area contributed by atoms with E-state index in [1.807, 2.05) is 0 Å². The third kappa shape index (κ3) is 2.80. The first kappa shape index (κ1) is 12.4. The summed E-state index contributed by atoms with van der Waals surface area (Å²) in [6, 6.07) is 2.09. The lowest BCUT2D eigenvalue weighted by molar-refractivity contribution is 0.534. The first-order chi connectivity index (χ1) is 7.99. The summed E-state index contributed by atoms with van der Waals surface area (Å²) < 4.78 is 52.2. The molecule has 0 unspecified atom stereocenters. The van der Waals surface area contributed by atoms with Gasteiger partial charge in [-0.1, -0.05) is 0 Å². The van der Waals surface area contributed by atoms with Gasteiger partial charge in [0.05, 0.1) is 0 Å². The van der Waals surface area contributed by atoms with Crippen molar-refractivity contribution in [2.45, 2.75) is 17.4 Å². The maximum absolute atomic E-state index is 13.3. The summed E-state index contributed by atoms with van der Waals surface area (Å²) in [4.78, 5) is -0.649. The van der Waals surface area contributed by atoms with Gasteiger partial charge < -0.3 is 5.32 Å². The van der Waals surface area contributed by atoms with Gasteiger partial charge in [0, 0.05) is 12.6 Å². The van der Waals surface area contributed by atoms with Gasteiger partial charge in [-0.2, -0.15) is 0 Å². The zero-order valence-electron chi connectivity index (χ0n) is 8.91. The lowest BCUT2D eigenvalue weighted by atomic mass is 10.3. The highest BCUT2D eigenvalue weighted by atomic mass is 32.2. The molecular weight excluding hydrogens is 250 g/mol. The van der Waals surface area contributed by atoms with Crippen molar-refractivity contribution in [1.82, 2.24) is 10.0 Å². The molecule has 0 radical (unpaired) electrons. The Hall–Kier alpha value is -1.05. The summed E-state index contributed by atoms with van der Waals surface area (Å²) in [5.41, 5.74) is 0. The van der Waals surface area contributed by atoms with Crippen LogP contribution in [0.5, 0.6) is 0 Å². The van der Waals surface area contributed by atoms with E-state index in [9.17, 15) is 17.2 Å². The number of benzene rings is 1. The number of halogens is 2. The Bertz CT molecular complexity index is 513. The van der Waals surface area contributed by atoms with Crippen LogP contribution in [0.2, 0.25) is 0 Å². The van der Waals surface area contributed by atoms with Crippen LogP contribution < -0.4 is 10.0 Å². The fraction of sp³-hybridized carbons (Fsp3) is 0.400. The molecule has 2 rings (SSSR count). The maximum Gasteiger partial charge on any atom is 0.243 e. The Labute approximate surface area is 98.1 Å². The molecule has 0 spiro atoms. The Morgan fingerprint density at radius 1 is 1.35 bits per heavy atom. The molecule has 94 valence electrons. The van der Waals surface area contributed by atoms with Gasteiger partial charge in [0.15, 0.2) is 0 Å². The molecule has 2 N–H and O–H groups in total. The second kappa shape index (κ2) is 4.67. The minimum absolute atomic E-state index is 0.275. The van der Waals surface area contributed by atoms with Gasteiger partial charge in [0.1, 0.15) is 16.5 Å². The van der Waals surface area contributed by atoms with Gasteiger partial charge in [0.2, 0.25) is 10.0 Å². The quantitative estimate of drug-likeness (QED) is 0.839. The van der Waals surface area contributed by atoms with Crippen LogP contribution in [-0.4, -0.2) is 27.5 Å². The van der Waals surface area contributed by atoms with Gasteiger partial charge in [-0.3, -0.25) is 0 Å². The van der Waals surface area contributed by atoms with E-state index in [4.69, 9.17) is 0 Å². The van der Waals surface area contributed by atoms with Crippen molar-refractivity contribution in [3.8, 4) is 0 Å². The number of nitrogens with one attached hydrogen (secondary N) is 2. The molecule has 1 heterocycles. The summed E-state index contributed by atoms with van der Waals surface area (Å²) in [5.74, 6) is -1.74. The van der Waals surface area contributed by atoms with Crippen molar-refractivity contribution in [3.05, 3.63) is 29.8 Å². The average Bonchev–Trinajstić information content (AvgIpc) is 2.73. The largest absolute Gasteiger partial charge is 0.315 e. The second-order valence-electron chi connectivity index (χ2n) is 3.89. The van der Waals surface area contributed by atoms with E-state index in [1.165, 1.54) is 0 Å². The number of hydrogen-bond acceptors (Lipinski definition) is 3. The van der Waals surface area contributed by atoms with Gasteiger partial charge in [-0.05, 0) is 31.2 Å². The van der Waals surface area contributed by atoms with Crippen molar-refractivity contribution in [1.29, 1.82) is 0 Å². The Kier molecular flexibility index (Phi) is 3.41. The molecule has 0 amide bonds. The third-order valence-electron chi connectivity index (χ3n) is 2.56. The minimum atomic E-state index is -4.00. The van der Waals surface area contributed by atoms with Crippen LogP contribution >= 0.6 is 0 Å². The van der Waals surface area contributed by atoms with E-state index in [-0.39, 0.29) is 6.04 Å². The highest BCUT2D eigenvalue weighted by molar-refractivity contribution is 7.89. The molecular formula is C10H12F2N2O2S. The molecule has 1 aliphatic heterocycles. The first-order valence-electron chi connectivity index (χ1n) is 5.17. The smallest absolute Gasteiger partial charge is 0.243 e. The number of hydrogen-bond donors (Lipinski definition) is 2. The SMILES string of the molecule is O=S(=O)(N[C@H]1CCNC1)c1cc(F)ccc1F.